The van der Waals surface area contributed by atoms with Crippen molar-refractivity contribution < 1.29 is 9.90 Å². The predicted molar refractivity (Wildman–Crippen MR) is 61.8 cm³/mol. The average Bonchev–Trinajstić information content (AvgIpc) is 2.70. The molecule has 0 atom stereocenters. The molecule has 1 aromatic heterocycles. The molecule has 0 aliphatic carbocycles. The Morgan fingerprint density at radius 1 is 1.50 bits per heavy atom. The molecule has 0 unspecified atom stereocenters. The van der Waals surface area contributed by atoms with Crippen LogP contribution in [-0.4, -0.2) is 20.4 Å². The SMILES string of the molecule is Nc1cc(Sc2ncns2)ccc1C(=O)O. The summed E-state index contributed by atoms with van der Waals surface area (Å²) in [5.41, 5.74) is 5.99. The monoisotopic (exact) mass is 253 g/mol. The summed E-state index contributed by atoms with van der Waals surface area (Å²) in [6, 6.07) is 4.81. The van der Waals surface area contributed by atoms with Gasteiger partial charge in [0.2, 0.25) is 0 Å². The molecule has 16 heavy (non-hydrogen) atoms. The summed E-state index contributed by atoms with van der Waals surface area (Å²) in [5.74, 6) is -1.02. The number of carbonyl (C=O) groups is 1. The van der Waals surface area contributed by atoms with Crippen molar-refractivity contribution >= 4 is 35.0 Å². The summed E-state index contributed by atoms with van der Waals surface area (Å²) in [6.07, 6.45) is 1.47. The Hall–Kier alpha value is -1.60. The van der Waals surface area contributed by atoms with Gasteiger partial charge in [0.05, 0.1) is 5.56 Å². The van der Waals surface area contributed by atoms with Crippen LogP contribution in [-0.2, 0) is 0 Å². The van der Waals surface area contributed by atoms with Gasteiger partial charge >= 0.3 is 5.97 Å². The second-order valence-electron chi connectivity index (χ2n) is 2.86. The van der Waals surface area contributed by atoms with E-state index >= 15 is 0 Å². The zero-order valence-electron chi connectivity index (χ0n) is 7.95. The van der Waals surface area contributed by atoms with Gasteiger partial charge in [-0.3, -0.25) is 0 Å². The van der Waals surface area contributed by atoms with E-state index in [0.717, 1.165) is 9.24 Å². The van der Waals surface area contributed by atoms with Crippen LogP contribution < -0.4 is 5.73 Å². The van der Waals surface area contributed by atoms with E-state index in [-0.39, 0.29) is 11.3 Å². The summed E-state index contributed by atoms with van der Waals surface area (Å²) in [7, 11) is 0. The Morgan fingerprint density at radius 3 is 2.88 bits per heavy atom. The fourth-order valence-electron chi connectivity index (χ4n) is 1.11. The summed E-state index contributed by atoms with van der Waals surface area (Å²) >= 11 is 2.68. The fraction of sp³-hybridized carbons (Fsp3) is 0. The molecule has 0 saturated heterocycles. The molecule has 0 saturated carbocycles. The number of benzene rings is 1. The minimum atomic E-state index is -1.02. The molecule has 0 fully saturated rings. The maximum atomic E-state index is 10.7. The quantitative estimate of drug-likeness (QED) is 0.813. The third-order valence-electron chi connectivity index (χ3n) is 1.80. The fourth-order valence-corrected chi connectivity index (χ4v) is 2.58. The van der Waals surface area contributed by atoms with E-state index < -0.39 is 5.97 Å². The lowest BCUT2D eigenvalue weighted by molar-refractivity contribution is 0.0698. The smallest absolute Gasteiger partial charge is 0.337 e. The Kier molecular flexibility index (Phi) is 3.07. The van der Waals surface area contributed by atoms with Crippen LogP contribution in [0.4, 0.5) is 5.69 Å². The van der Waals surface area contributed by atoms with Crippen LogP contribution in [0.25, 0.3) is 0 Å². The van der Waals surface area contributed by atoms with Gasteiger partial charge in [-0.15, -0.1) is 0 Å². The molecule has 0 radical (unpaired) electrons. The first-order valence-electron chi connectivity index (χ1n) is 4.24. The van der Waals surface area contributed by atoms with Gasteiger partial charge < -0.3 is 10.8 Å². The van der Waals surface area contributed by atoms with Crippen LogP contribution in [0.3, 0.4) is 0 Å². The highest BCUT2D eigenvalue weighted by molar-refractivity contribution is 8.01. The second kappa shape index (κ2) is 4.50. The molecule has 1 heterocycles. The van der Waals surface area contributed by atoms with Crippen molar-refractivity contribution in [2.75, 3.05) is 5.73 Å². The van der Waals surface area contributed by atoms with E-state index in [9.17, 15) is 4.79 Å². The molecule has 1 aromatic carbocycles. The molecular formula is C9H7N3O2S2. The number of hydrogen-bond donors (Lipinski definition) is 2. The van der Waals surface area contributed by atoms with Crippen LogP contribution in [0.15, 0.2) is 33.8 Å². The van der Waals surface area contributed by atoms with Crippen molar-refractivity contribution in [2.24, 2.45) is 0 Å². The van der Waals surface area contributed by atoms with Gasteiger partial charge in [-0.05, 0) is 29.7 Å². The molecule has 0 bridgehead atoms. The number of nitrogen functional groups attached to an aromatic ring is 1. The van der Waals surface area contributed by atoms with Gasteiger partial charge in [0, 0.05) is 10.6 Å². The largest absolute Gasteiger partial charge is 0.478 e. The van der Waals surface area contributed by atoms with Crippen molar-refractivity contribution in [2.45, 2.75) is 9.24 Å². The number of anilines is 1. The number of rotatable bonds is 3. The number of nitrogens with zero attached hydrogens (tertiary/aromatic N) is 2. The Balaban J connectivity index is 2.24. The first-order valence-corrected chi connectivity index (χ1v) is 5.83. The van der Waals surface area contributed by atoms with Crippen LogP contribution >= 0.6 is 23.3 Å². The van der Waals surface area contributed by atoms with Crippen molar-refractivity contribution in [3.8, 4) is 0 Å². The molecule has 3 N–H and O–H groups in total. The highest BCUT2D eigenvalue weighted by Gasteiger charge is 2.09. The Morgan fingerprint density at radius 2 is 2.31 bits per heavy atom. The van der Waals surface area contributed by atoms with Crippen LogP contribution in [0.2, 0.25) is 0 Å². The first kappa shape index (κ1) is 10.9. The van der Waals surface area contributed by atoms with Gasteiger partial charge in [-0.1, -0.05) is 11.8 Å². The Bertz CT molecular complexity index is 513. The standard InChI is InChI=1S/C9H7N3O2S2/c10-7-3-5(1-2-6(7)8(13)14)15-9-11-4-12-16-9/h1-4H,10H2,(H,13,14). The third kappa shape index (κ3) is 2.31. The van der Waals surface area contributed by atoms with Crippen molar-refractivity contribution in [1.82, 2.24) is 9.36 Å². The van der Waals surface area contributed by atoms with Crippen LogP contribution in [0, 0.1) is 0 Å². The minimum absolute atomic E-state index is 0.113. The van der Waals surface area contributed by atoms with Crippen LogP contribution in [0.1, 0.15) is 10.4 Å². The second-order valence-corrected chi connectivity index (χ2v) is 4.96. The molecule has 0 aliphatic heterocycles. The highest BCUT2D eigenvalue weighted by Crippen LogP contribution is 2.30. The Labute approximate surface area is 99.5 Å². The molecule has 82 valence electrons. The lowest BCUT2D eigenvalue weighted by Gasteiger charge is -2.02. The number of nitrogens with two attached hydrogens (primary N) is 1. The number of aromatic carboxylic acids is 1. The van der Waals surface area contributed by atoms with Crippen molar-refractivity contribution in [3.05, 3.63) is 30.1 Å². The minimum Gasteiger partial charge on any atom is -0.478 e. The van der Waals surface area contributed by atoms with E-state index in [1.807, 2.05) is 0 Å². The number of hydrogen-bond acceptors (Lipinski definition) is 6. The van der Waals surface area contributed by atoms with Gasteiger partial charge in [-0.2, -0.15) is 4.37 Å². The van der Waals surface area contributed by atoms with Gasteiger partial charge in [-0.25, -0.2) is 9.78 Å². The van der Waals surface area contributed by atoms with E-state index in [2.05, 4.69) is 9.36 Å². The van der Waals surface area contributed by atoms with E-state index in [0.29, 0.717) is 0 Å². The highest BCUT2D eigenvalue weighted by atomic mass is 32.2. The van der Waals surface area contributed by atoms with Crippen LogP contribution in [0.5, 0.6) is 0 Å². The average molecular weight is 253 g/mol. The maximum Gasteiger partial charge on any atom is 0.337 e. The third-order valence-corrected chi connectivity index (χ3v) is 3.50. The normalized spacial score (nSPS) is 10.2. The zero-order chi connectivity index (χ0) is 11.5. The molecule has 0 aliphatic rings. The molecule has 0 spiro atoms. The molecule has 2 aromatic rings. The first-order chi connectivity index (χ1) is 7.66. The van der Waals surface area contributed by atoms with Gasteiger partial charge in [0.25, 0.3) is 0 Å². The lowest BCUT2D eigenvalue weighted by Crippen LogP contribution is -2.01. The van der Waals surface area contributed by atoms with Crippen molar-refractivity contribution in [1.29, 1.82) is 0 Å². The predicted octanol–water partition coefficient (Wildman–Crippen LogP) is 1.97. The number of carboxylic acids is 1. The number of carboxylic acid groups (broad SMARTS) is 1. The maximum absolute atomic E-state index is 10.7. The summed E-state index contributed by atoms with van der Waals surface area (Å²) in [4.78, 5) is 15.6. The molecule has 7 heteroatoms. The zero-order valence-corrected chi connectivity index (χ0v) is 9.59. The molecule has 0 amide bonds. The summed E-state index contributed by atoms with van der Waals surface area (Å²) in [5, 5.41) is 8.81. The lowest BCUT2D eigenvalue weighted by atomic mass is 10.2. The summed E-state index contributed by atoms with van der Waals surface area (Å²) in [6.45, 7) is 0. The van der Waals surface area contributed by atoms with Gasteiger partial charge in [0.1, 0.15) is 6.33 Å². The topological polar surface area (TPSA) is 89.1 Å². The van der Waals surface area contributed by atoms with E-state index in [1.54, 1.807) is 12.1 Å². The van der Waals surface area contributed by atoms with Crippen molar-refractivity contribution in [3.63, 3.8) is 0 Å². The van der Waals surface area contributed by atoms with Gasteiger partial charge in [0.15, 0.2) is 4.34 Å². The van der Waals surface area contributed by atoms with E-state index in [4.69, 9.17) is 10.8 Å². The van der Waals surface area contributed by atoms with E-state index in [1.165, 1.54) is 35.7 Å². The molecule has 2 rings (SSSR count). The molecule has 5 nitrogen and oxygen atoms in total. The summed E-state index contributed by atoms with van der Waals surface area (Å²) < 4.78 is 4.66. The molecular weight excluding hydrogens is 246 g/mol. The number of aromatic nitrogens is 2.